The van der Waals surface area contributed by atoms with E-state index in [-0.39, 0.29) is 5.91 Å². The lowest BCUT2D eigenvalue weighted by atomic mass is 10.2. The van der Waals surface area contributed by atoms with Crippen molar-refractivity contribution >= 4 is 21.8 Å². The highest BCUT2D eigenvalue weighted by molar-refractivity contribution is 9.10. The van der Waals surface area contributed by atoms with E-state index in [1.807, 2.05) is 25.1 Å². The standard InChI is InChI=1S/C14H21BrN2O2/c1-4-16-9-11-8-12(15)6-7-13(11)19-10(3)14(18)17-5-2/h6-8,10,16H,4-5,9H2,1-3H3,(H,17,18). The quantitative estimate of drug-likeness (QED) is 0.808. The minimum absolute atomic E-state index is 0.0974. The van der Waals surface area contributed by atoms with Gasteiger partial charge < -0.3 is 15.4 Å². The van der Waals surface area contributed by atoms with Gasteiger partial charge in [-0.15, -0.1) is 0 Å². The number of hydrogen-bond donors (Lipinski definition) is 2. The maximum absolute atomic E-state index is 11.7. The Morgan fingerprint density at radius 1 is 1.37 bits per heavy atom. The molecule has 0 spiro atoms. The van der Waals surface area contributed by atoms with Gasteiger partial charge in [0.15, 0.2) is 6.10 Å². The van der Waals surface area contributed by atoms with Crippen molar-refractivity contribution < 1.29 is 9.53 Å². The summed E-state index contributed by atoms with van der Waals surface area (Å²) in [6.07, 6.45) is -0.499. The summed E-state index contributed by atoms with van der Waals surface area (Å²) in [7, 11) is 0. The minimum Gasteiger partial charge on any atom is -0.481 e. The lowest BCUT2D eigenvalue weighted by Crippen LogP contribution is -2.36. The van der Waals surface area contributed by atoms with Crippen LogP contribution in [0.4, 0.5) is 0 Å². The molecule has 19 heavy (non-hydrogen) atoms. The summed E-state index contributed by atoms with van der Waals surface area (Å²) in [5.74, 6) is 0.641. The number of amides is 1. The zero-order valence-corrected chi connectivity index (χ0v) is 13.2. The molecule has 0 fully saturated rings. The van der Waals surface area contributed by atoms with Gasteiger partial charge in [-0.25, -0.2) is 0 Å². The molecule has 0 aliphatic rings. The second-order valence-electron chi connectivity index (χ2n) is 4.19. The normalized spacial score (nSPS) is 12.0. The van der Waals surface area contributed by atoms with Crippen LogP contribution in [0.5, 0.6) is 5.75 Å². The Hall–Kier alpha value is -1.07. The zero-order chi connectivity index (χ0) is 14.3. The minimum atomic E-state index is -0.499. The van der Waals surface area contributed by atoms with E-state index in [9.17, 15) is 4.79 Å². The van der Waals surface area contributed by atoms with Crippen molar-refractivity contribution in [3.8, 4) is 5.75 Å². The Labute approximate surface area is 123 Å². The second kappa shape index (κ2) is 8.17. The molecule has 1 aromatic rings. The largest absolute Gasteiger partial charge is 0.481 e. The molecule has 0 radical (unpaired) electrons. The van der Waals surface area contributed by atoms with Crippen LogP contribution in [-0.2, 0) is 11.3 Å². The Morgan fingerprint density at radius 2 is 2.11 bits per heavy atom. The van der Waals surface area contributed by atoms with E-state index in [4.69, 9.17) is 4.74 Å². The first-order valence-corrected chi connectivity index (χ1v) is 7.31. The fourth-order valence-corrected chi connectivity index (χ4v) is 2.03. The Bertz CT molecular complexity index is 424. The molecule has 0 heterocycles. The van der Waals surface area contributed by atoms with Crippen LogP contribution in [0.2, 0.25) is 0 Å². The number of rotatable bonds is 7. The first-order valence-electron chi connectivity index (χ1n) is 6.52. The van der Waals surface area contributed by atoms with E-state index in [0.29, 0.717) is 13.1 Å². The summed E-state index contributed by atoms with van der Waals surface area (Å²) < 4.78 is 6.74. The van der Waals surface area contributed by atoms with Crippen molar-refractivity contribution in [2.45, 2.75) is 33.4 Å². The van der Waals surface area contributed by atoms with Gasteiger partial charge in [-0.05, 0) is 38.6 Å². The van der Waals surface area contributed by atoms with E-state index >= 15 is 0 Å². The molecule has 0 aliphatic carbocycles. The van der Waals surface area contributed by atoms with Crippen LogP contribution in [0, 0.1) is 0 Å². The van der Waals surface area contributed by atoms with Crippen LogP contribution in [0.3, 0.4) is 0 Å². The Kier molecular flexibility index (Phi) is 6.87. The third-order valence-corrected chi connectivity index (χ3v) is 3.11. The fourth-order valence-electron chi connectivity index (χ4n) is 1.62. The number of benzene rings is 1. The molecule has 1 rings (SSSR count). The van der Waals surface area contributed by atoms with E-state index in [1.54, 1.807) is 6.92 Å². The molecule has 0 bridgehead atoms. The maximum Gasteiger partial charge on any atom is 0.260 e. The van der Waals surface area contributed by atoms with Crippen molar-refractivity contribution in [3.05, 3.63) is 28.2 Å². The average Bonchev–Trinajstić information content (AvgIpc) is 2.39. The van der Waals surface area contributed by atoms with Gasteiger partial charge in [0.1, 0.15) is 5.75 Å². The topological polar surface area (TPSA) is 50.4 Å². The molecule has 1 atom stereocenters. The smallest absolute Gasteiger partial charge is 0.260 e. The SMILES string of the molecule is CCNCc1cc(Br)ccc1OC(C)C(=O)NCC. The van der Waals surface area contributed by atoms with Gasteiger partial charge in [0.05, 0.1) is 0 Å². The molecule has 4 nitrogen and oxygen atoms in total. The molecule has 0 saturated carbocycles. The summed E-state index contributed by atoms with van der Waals surface area (Å²) >= 11 is 3.45. The number of carbonyl (C=O) groups excluding carboxylic acids is 1. The molecule has 106 valence electrons. The van der Waals surface area contributed by atoms with Crippen molar-refractivity contribution in [1.29, 1.82) is 0 Å². The molecule has 5 heteroatoms. The highest BCUT2D eigenvalue weighted by Gasteiger charge is 2.15. The molecule has 1 amide bonds. The van der Waals surface area contributed by atoms with Crippen molar-refractivity contribution in [2.24, 2.45) is 0 Å². The van der Waals surface area contributed by atoms with E-state index in [1.165, 1.54) is 0 Å². The Balaban J connectivity index is 2.78. The maximum atomic E-state index is 11.7. The number of halogens is 1. The number of nitrogens with one attached hydrogen (secondary N) is 2. The lowest BCUT2D eigenvalue weighted by molar-refractivity contribution is -0.127. The molecule has 1 aromatic carbocycles. The monoisotopic (exact) mass is 328 g/mol. The molecular weight excluding hydrogens is 308 g/mol. The first-order chi connectivity index (χ1) is 9.08. The molecule has 0 aliphatic heterocycles. The lowest BCUT2D eigenvalue weighted by Gasteiger charge is -2.17. The van der Waals surface area contributed by atoms with Crippen LogP contribution < -0.4 is 15.4 Å². The summed E-state index contributed by atoms with van der Waals surface area (Å²) in [5, 5.41) is 6.01. The van der Waals surface area contributed by atoms with Gasteiger partial charge in [0, 0.05) is 23.1 Å². The average molecular weight is 329 g/mol. The summed E-state index contributed by atoms with van der Waals surface area (Å²) in [6, 6.07) is 5.80. The summed E-state index contributed by atoms with van der Waals surface area (Å²) in [6.45, 7) is 7.91. The molecule has 1 unspecified atom stereocenters. The van der Waals surface area contributed by atoms with Gasteiger partial charge in [-0.1, -0.05) is 22.9 Å². The number of ether oxygens (including phenoxy) is 1. The summed E-state index contributed by atoms with van der Waals surface area (Å²) in [4.78, 5) is 11.7. The highest BCUT2D eigenvalue weighted by atomic mass is 79.9. The van der Waals surface area contributed by atoms with Crippen LogP contribution in [0.1, 0.15) is 26.3 Å². The van der Waals surface area contributed by atoms with Crippen molar-refractivity contribution in [2.75, 3.05) is 13.1 Å². The molecule has 0 aromatic heterocycles. The van der Waals surface area contributed by atoms with Gasteiger partial charge >= 0.3 is 0 Å². The third kappa shape index (κ3) is 5.20. The molecule has 2 N–H and O–H groups in total. The predicted octanol–water partition coefficient (Wildman–Crippen LogP) is 2.46. The van der Waals surface area contributed by atoms with Crippen LogP contribution >= 0.6 is 15.9 Å². The van der Waals surface area contributed by atoms with E-state index in [0.717, 1.165) is 22.3 Å². The van der Waals surface area contributed by atoms with Gasteiger partial charge in [0.2, 0.25) is 0 Å². The number of hydrogen-bond acceptors (Lipinski definition) is 3. The number of carbonyl (C=O) groups is 1. The molecular formula is C14H21BrN2O2. The van der Waals surface area contributed by atoms with Gasteiger partial charge in [0.25, 0.3) is 5.91 Å². The molecule has 0 saturated heterocycles. The zero-order valence-electron chi connectivity index (χ0n) is 11.6. The van der Waals surface area contributed by atoms with Crippen LogP contribution in [-0.4, -0.2) is 25.1 Å². The Morgan fingerprint density at radius 3 is 2.74 bits per heavy atom. The van der Waals surface area contributed by atoms with E-state index < -0.39 is 6.10 Å². The van der Waals surface area contributed by atoms with Crippen LogP contribution in [0.25, 0.3) is 0 Å². The third-order valence-electron chi connectivity index (χ3n) is 2.61. The number of likely N-dealkylation sites (N-methyl/N-ethyl adjacent to an activating group) is 1. The predicted molar refractivity (Wildman–Crippen MR) is 80.3 cm³/mol. The van der Waals surface area contributed by atoms with Crippen molar-refractivity contribution in [1.82, 2.24) is 10.6 Å². The second-order valence-corrected chi connectivity index (χ2v) is 5.10. The first kappa shape index (κ1) is 16.0. The van der Waals surface area contributed by atoms with Crippen LogP contribution in [0.15, 0.2) is 22.7 Å². The fraction of sp³-hybridized carbons (Fsp3) is 0.500. The highest BCUT2D eigenvalue weighted by Crippen LogP contribution is 2.24. The van der Waals surface area contributed by atoms with Crippen molar-refractivity contribution in [3.63, 3.8) is 0 Å². The van der Waals surface area contributed by atoms with E-state index in [2.05, 4.69) is 33.5 Å². The van der Waals surface area contributed by atoms with Gasteiger partial charge in [-0.2, -0.15) is 0 Å². The van der Waals surface area contributed by atoms with Gasteiger partial charge in [-0.3, -0.25) is 4.79 Å². The summed E-state index contributed by atoms with van der Waals surface area (Å²) in [5.41, 5.74) is 1.03.